The van der Waals surface area contributed by atoms with Crippen molar-refractivity contribution in [2.45, 2.75) is 6.42 Å². The number of hydrogen-bond donors (Lipinski definition) is 0. The van der Waals surface area contributed by atoms with Gasteiger partial charge in [0.05, 0.1) is 0 Å². The molecule has 328 valence electrons. The Bertz CT molecular complexity index is 3800. The van der Waals surface area contributed by atoms with Crippen LogP contribution in [0, 0.1) is 5.92 Å². The summed E-state index contributed by atoms with van der Waals surface area (Å²) >= 11 is 0. The van der Waals surface area contributed by atoms with Gasteiger partial charge >= 0.3 is 0 Å². The van der Waals surface area contributed by atoms with Crippen molar-refractivity contribution in [1.82, 2.24) is 29.9 Å². The van der Waals surface area contributed by atoms with Crippen molar-refractivity contribution in [3.8, 4) is 100 Å². The number of rotatable bonds is 9. The van der Waals surface area contributed by atoms with Gasteiger partial charge in [-0.05, 0) is 160 Å². The van der Waals surface area contributed by atoms with Crippen LogP contribution in [-0.4, -0.2) is 29.9 Å². The van der Waals surface area contributed by atoms with Crippen LogP contribution in [0.2, 0.25) is 0 Å². The van der Waals surface area contributed by atoms with Gasteiger partial charge < -0.3 is 0 Å². The normalized spacial score (nSPS) is 14.3. The monoisotopic (exact) mass is 894 g/mol. The van der Waals surface area contributed by atoms with E-state index >= 15 is 0 Å². The zero-order valence-corrected chi connectivity index (χ0v) is 38.0. The molecular weight excluding hydrogens is 853 g/mol. The fourth-order valence-corrected chi connectivity index (χ4v) is 10.6. The molecular formula is C64H42N6. The van der Waals surface area contributed by atoms with Gasteiger partial charge in [0.2, 0.25) is 0 Å². The van der Waals surface area contributed by atoms with Gasteiger partial charge in [0.25, 0.3) is 0 Å². The molecule has 0 aliphatic heterocycles. The predicted octanol–water partition coefficient (Wildman–Crippen LogP) is 15.4. The molecule has 0 saturated carbocycles. The minimum absolute atomic E-state index is 0.300. The summed E-state index contributed by atoms with van der Waals surface area (Å²) in [5.41, 5.74) is 26.6. The van der Waals surface area contributed by atoms with E-state index in [1.54, 1.807) is 19.0 Å². The van der Waals surface area contributed by atoms with Crippen LogP contribution in [-0.2, 0) is 0 Å². The molecule has 0 bridgehead atoms. The molecule has 3 heterocycles. The highest BCUT2D eigenvalue weighted by atomic mass is 14.8. The van der Waals surface area contributed by atoms with Gasteiger partial charge in [0, 0.05) is 59.8 Å². The maximum atomic E-state index is 4.31. The van der Waals surface area contributed by atoms with Gasteiger partial charge in [-0.1, -0.05) is 140 Å². The molecule has 3 aliphatic carbocycles. The summed E-state index contributed by atoms with van der Waals surface area (Å²) in [4.78, 5) is 25.9. The third-order valence-corrected chi connectivity index (χ3v) is 13.9. The molecule has 10 aromatic rings. The summed E-state index contributed by atoms with van der Waals surface area (Å²) in [6.45, 7) is 0. The first-order valence-corrected chi connectivity index (χ1v) is 23.6. The van der Waals surface area contributed by atoms with E-state index < -0.39 is 0 Å². The van der Waals surface area contributed by atoms with E-state index in [0.29, 0.717) is 5.92 Å². The highest BCUT2D eigenvalue weighted by Crippen LogP contribution is 2.58. The van der Waals surface area contributed by atoms with Crippen LogP contribution in [0.3, 0.4) is 0 Å². The molecule has 0 N–H and O–H groups in total. The van der Waals surface area contributed by atoms with E-state index in [1.165, 1.54) is 44.5 Å². The number of aromatic nitrogens is 6. The third-order valence-electron chi connectivity index (χ3n) is 13.9. The summed E-state index contributed by atoms with van der Waals surface area (Å²) in [5.74, 6) is 0.300. The molecule has 0 fully saturated rings. The Kier molecular flexibility index (Phi) is 10.2. The Morgan fingerprint density at radius 3 is 1.14 bits per heavy atom. The van der Waals surface area contributed by atoms with Crippen LogP contribution in [0.1, 0.15) is 17.5 Å². The zero-order chi connectivity index (χ0) is 46.4. The van der Waals surface area contributed by atoms with E-state index in [1.807, 2.05) is 37.2 Å². The topological polar surface area (TPSA) is 77.3 Å². The summed E-state index contributed by atoms with van der Waals surface area (Å²) in [6.07, 6.45) is 28.7. The molecule has 1 unspecified atom stereocenters. The lowest BCUT2D eigenvalue weighted by molar-refractivity contribution is 0.793. The first kappa shape index (κ1) is 41.0. The maximum absolute atomic E-state index is 4.31. The molecule has 6 nitrogen and oxygen atoms in total. The van der Waals surface area contributed by atoms with Crippen molar-refractivity contribution in [3.63, 3.8) is 0 Å². The van der Waals surface area contributed by atoms with E-state index in [-0.39, 0.29) is 0 Å². The smallest absolute Gasteiger partial charge is 0.115 e. The van der Waals surface area contributed by atoms with E-state index in [9.17, 15) is 0 Å². The van der Waals surface area contributed by atoms with Gasteiger partial charge in [-0.2, -0.15) is 0 Å². The number of nitrogens with zero attached hydrogens (tertiary/aromatic N) is 6. The Morgan fingerprint density at radius 2 is 0.700 bits per heavy atom. The fraction of sp³-hybridized carbons (Fsp3) is 0.0312. The molecule has 0 radical (unpaired) electrons. The molecule has 0 amide bonds. The van der Waals surface area contributed by atoms with Gasteiger partial charge in [-0.25, -0.2) is 29.9 Å². The van der Waals surface area contributed by atoms with Crippen LogP contribution < -0.4 is 0 Å². The van der Waals surface area contributed by atoms with Crippen LogP contribution >= 0.6 is 0 Å². The second-order valence-corrected chi connectivity index (χ2v) is 18.0. The summed E-state index contributed by atoms with van der Waals surface area (Å²) in [5, 5.41) is 0. The van der Waals surface area contributed by atoms with Gasteiger partial charge in [-0.3, -0.25) is 0 Å². The highest BCUT2D eigenvalue weighted by molar-refractivity contribution is 6.15. The van der Waals surface area contributed by atoms with Crippen LogP contribution in [0.5, 0.6) is 0 Å². The molecule has 6 heteroatoms. The fourth-order valence-electron chi connectivity index (χ4n) is 10.6. The largest absolute Gasteiger partial charge is 0.244 e. The lowest BCUT2D eigenvalue weighted by Gasteiger charge is -2.23. The van der Waals surface area contributed by atoms with Gasteiger partial charge in [0.1, 0.15) is 19.0 Å². The van der Waals surface area contributed by atoms with Crippen molar-refractivity contribution < 1.29 is 0 Å². The van der Waals surface area contributed by atoms with Crippen LogP contribution in [0.25, 0.3) is 111 Å². The first-order valence-electron chi connectivity index (χ1n) is 23.6. The lowest BCUT2D eigenvalue weighted by Crippen LogP contribution is -2.06. The first-order chi connectivity index (χ1) is 34.7. The average Bonchev–Trinajstić information content (AvgIpc) is 3.79. The molecule has 0 spiro atoms. The van der Waals surface area contributed by atoms with Gasteiger partial charge in [-0.15, -0.1) is 0 Å². The predicted molar refractivity (Wildman–Crippen MR) is 283 cm³/mol. The Labute approximate surface area is 406 Å². The minimum atomic E-state index is 0.300. The minimum Gasteiger partial charge on any atom is -0.244 e. The van der Waals surface area contributed by atoms with E-state index in [0.717, 1.165) is 89.9 Å². The Balaban J connectivity index is 1.05. The number of allylic oxidation sites excluding steroid dienone is 8. The van der Waals surface area contributed by atoms with Crippen molar-refractivity contribution in [1.29, 1.82) is 0 Å². The number of benzene rings is 7. The lowest BCUT2D eigenvalue weighted by atomic mass is 9.80. The summed E-state index contributed by atoms with van der Waals surface area (Å²) in [7, 11) is 0. The molecule has 0 saturated heterocycles. The summed E-state index contributed by atoms with van der Waals surface area (Å²) in [6, 6.07) is 55.7. The second kappa shape index (κ2) is 17.4. The number of hydrogen-bond acceptors (Lipinski definition) is 6. The van der Waals surface area contributed by atoms with Crippen molar-refractivity contribution >= 4 is 11.1 Å². The second-order valence-electron chi connectivity index (χ2n) is 18.0. The quantitative estimate of drug-likeness (QED) is 0.144. The molecule has 70 heavy (non-hydrogen) atoms. The van der Waals surface area contributed by atoms with Crippen LogP contribution in [0.4, 0.5) is 0 Å². The van der Waals surface area contributed by atoms with E-state index in [4.69, 9.17) is 0 Å². The van der Waals surface area contributed by atoms with Gasteiger partial charge in [0.15, 0.2) is 0 Å². The van der Waals surface area contributed by atoms with Crippen molar-refractivity contribution in [2.75, 3.05) is 0 Å². The molecule has 3 aliphatic rings. The maximum Gasteiger partial charge on any atom is 0.115 e. The SMILES string of the molecule is C1=CC2CC=CC3=C2C(=C1)c1c3c(-c2cccc(-c3cccc(-c4cncnc4)c3)c2)cc(-c2cccc(-c3cccc(-c4cncnc4)c3)c2)c1-c1cccc(-c2cccc(-c3cncnc3)c2)c1. The van der Waals surface area contributed by atoms with Crippen molar-refractivity contribution in [3.05, 3.63) is 255 Å². The standard InChI is InChI=1S/C64H42N6/c1-11-42(25-48(17-1)54-32-65-38-66-33-54)45-14-4-20-51(28-45)59-31-60(52-21-5-15-46(29-52)43-12-2-18-49(26-43)55-34-67-39-68-35-55)63-57-23-7-9-41-10-8-24-58(61(41)57)64(63)62(59)53-22-6-16-47(30-53)44-13-3-19-50(27-44)56-36-69-40-70-37-56/h1-8,10-41H,9H2. The zero-order valence-electron chi connectivity index (χ0n) is 38.0. The Morgan fingerprint density at radius 1 is 0.343 bits per heavy atom. The molecule has 7 aromatic carbocycles. The summed E-state index contributed by atoms with van der Waals surface area (Å²) < 4.78 is 0. The highest BCUT2D eigenvalue weighted by Gasteiger charge is 2.37. The molecule has 13 rings (SSSR count). The average molecular weight is 895 g/mol. The van der Waals surface area contributed by atoms with E-state index in [2.05, 4.69) is 212 Å². The number of fused-ring (bicyclic) bond motifs is 3. The molecule has 1 atom stereocenters. The third kappa shape index (κ3) is 7.39. The van der Waals surface area contributed by atoms with Crippen molar-refractivity contribution in [2.24, 2.45) is 5.92 Å². The molecule has 3 aromatic heterocycles. The Hall–Kier alpha value is -9.26. The van der Waals surface area contributed by atoms with Crippen LogP contribution in [0.15, 0.2) is 244 Å².